The van der Waals surface area contributed by atoms with Crippen LogP contribution in [0.15, 0.2) is 22.7 Å². The van der Waals surface area contributed by atoms with Crippen molar-refractivity contribution in [3.63, 3.8) is 0 Å². The lowest BCUT2D eigenvalue weighted by atomic mass is 10.2. The number of hydrogen-bond acceptors (Lipinski definition) is 2. The van der Waals surface area contributed by atoms with E-state index in [9.17, 15) is 0 Å². The van der Waals surface area contributed by atoms with E-state index in [0.717, 1.165) is 23.2 Å². The van der Waals surface area contributed by atoms with Crippen molar-refractivity contribution in [3.8, 4) is 5.75 Å². The third kappa shape index (κ3) is 3.84. The largest absolute Gasteiger partial charge is 0.491 e. The third-order valence-electron chi connectivity index (χ3n) is 2.30. The molecular formula is C12H18BrNO. The highest BCUT2D eigenvalue weighted by molar-refractivity contribution is 9.10. The first-order chi connectivity index (χ1) is 7.17. The summed E-state index contributed by atoms with van der Waals surface area (Å²) in [4.78, 5) is 0. The van der Waals surface area contributed by atoms with Gasteiger partial charge in [0.15, 0.2) is 0 Å². The molecule has 1 atom stereocenters. The van der Waals surface area contributed by atoms with Crippen LogP contribution >= 0.6 is 15.9 Å². The second kappa shape index (κ2) is 6.13. The van der Waals surface area contributed by atoms with E-state index >= 15 is 0 Å². The molecule has 0 saturated heterocycles. The molecule has 0 heterocycles. The van der Waals surface area contributed by atoms with Crippen molar-refractivity contribution in [2.24, 2.45) is 0 Å². The monoisotopic (exact) mass is 271 g/mol. The summed E-state index contributed by atoms with van der Waals surface area (Å²) in [5, 5.41) is 3.13. The molecule has 1 rings (SSSR count). The molecule has 1 unspecified atom stereocenters. The Balaban J connectivity index is 2.77. The number of hydrogen-bond donors (Lipinski definition) is 1. The van der Waals surface area contributed by atoms with Crippen LogP contribution in [0.25, 0.3) is 0 Å². The van der Waals surface area contributed by atoms with E-state index in [1.807, 2.05) is 19.2 Å². The molecule has 0 aliphatic heterocycles. The van der Waals surface area contributed by atoms with E-state index in [-0.39, 0.29) is 6.10 Å². The van der Waals surface area contributed by atoms with Gasteiger partial charge in [0.05, 0.1) is 6.10 Å². The van der Waals surface area contributed by atoms with Gasteiger partial charge in [0, 0.05) is 11.0 Å². The molecule has 0 fully saturated rings. The number of benzene rings is 1. The molecule has 15 heavy (non-hydrogen) atoms. The molecule has 0 aliphatic carbocycles. The topological polar surface area (TPSA) is 21.3 Å². The van der Waals surface area contributed by atoms with E-state index in [1.54, 1.807) is 0 Å². The normalized spacial score (nSPS) is 12.5. The number of ether oxygens (including phenoxy) is 1. The molecule has 84 valence electrons. The minimum Gasteiger partial charge on any atom is -0.491 e. The first-order valence-electron chi connectivity index (χ1n) is 5.27. The Morgan fingerprint density at radius 3 is 2.80 bits per heavy atom. The zero-order chi connectivity index (χ0) is 11.3. The van der Waals surface area contributed by atoms with Gasteiger partial charge < -0.3 is 10.1 Å². The van der Waals surface area contributed by atoms with Gasteiger partial charge in [-0.05, 0) is 44.2 Å². The quantitative estimate of drug-likeness (QED) is 0.887. The molecule has 1 aromatic carbocycles. The molecular weight excluding hydrogens is 254 g/mol. The van der Waals surface area contributed by atoms with Gasteiger partial charge in [-0.15, -0.1) is 0 Å². The van der Waals surface area contributed by atoms with Crippen LogP contribution < -0.4 is 10.1 Å². The maximum absolute atomic E-state index is 5.76. The lowest BCUT2D eigenvalue weighted by Crippen LogP contribution is -2.11. The van der Waals surface area contributed by atoms with Crippen LogP contribution in [0, 0.1) is 0 Å². The lowest BCUT2D eigenvalue weighted by molar-refractivity contribution is 0.217. The molecule has 1 N–H and O–H groups in total. The molecule has 1 aromatic rings. The summed E-state index contributed by atoms with van der Waals surface area (Å²) >= 11 is 3.52. The Hall–Kier alpha value is -0.540. The van der Waals surface area contributed by atoms with Gasteiger partial charge in [0.1, 0.15) is 5.75 Å². The first kappa shape index (κ1) is 12.5. The molecule has 0 radical (unpaired) electrons. The van der Waals surface area contributed by atoms with E-state index in [0.29, 0.717) is 0 Å². The number of halogens is 1. The van der Waals surface area contributed by atoms with Crippen molar-refractivity contribution < 1.29 is 4.74 Å². The summed E-state index contributed by atoms with van der Waals surface area (Å²) in [5.41, 5.74) is 1.22. The summed E-state index contributed by atoms with van der Waals surface area (Å²) < 4.78 is 6.88. The standard InChI is InChI=1S/C12H18BrNO/c1-4-9(2)15-11-5-6-12(13)10(7-11)8-14-3/h5-7,9,14H,4,8H2,1-3H3. The van der Waals surface area contributed by atoms with E-state index in [1.165, 1.54) is 5.56 Å². The highest BCUT2D eigenvalue weighted by atomic mass is 79.9. The van der Waals surface area contributed by atoms with Crippen molar-refractivity contribution in [3.05, 3.63) is 28.2 Å². The summed E-state index contributed by atoms with van der Waals surface area (Å²) in [6.45, 7) is 5.05. The summed E-state index contributed by atoms with van der Waals surface area (Å²) in [6.07, 6.45) is 1.30. The van der Waals surface area contributed by atoms with Crippen molar-refractivity contribution in [2.75, 3.05) is 7.05 Å². The third-order valence-corrected chi connectivity index (χ3v) is 3.07. The Morgan fingerprint density at radius 1 is 1.47 bits per heavy atom. The fraction of sp³-hybridized carbons (Fsp3) is 0.500. The lowest BCUT2D eigenvalue weighted by Gasteiger charge is -2.14. The minimum absolute atomic E-state index is 0.272. The SMILES string of the molecule is CCC(C)Oc1ccc(Br)c(CNC)c1. The second-order valence-electron chi connectivity index (χ2n) is 3.62. The molecule has 0 bridgehead atoms. The maximum Gasteiger partial charge on any atom is 0.120 e. The zero-order valence-corrected chi connectivity index (χ0v) is 11.1. The van der Waals surface area contributed by atoms with Crippen molar-refractivity contribution in [1.29, 1.82) is 0 Å². The van der Waals surface area contributed by atoms with E-state index in [2.05, 4.69) is 41.2 Å². The van der Waals surface area contributed by atoms with Crippen molar-refractivity contribution >= 4 is 15.9 Å². The average Bonchev–Trinajstić information content (AvgIpc) is 2.23. The predicted molar refractivity (Wildman–Crippen MR) is 67.3 cm³/mol. The predicted octanol–water partition coefficient (Wildman–Crippen LogP) is 3.35. The van der Waals surface area contributed by atoms with Crippen LogP contribution in [0.5, 0.6) is 5.75 Å². The maximum atomic E-state index is 5.76. The summed E-state index contributed by atoms with van der Waals surface area (Å²) in [5.74, 6) is 0.942. The molecule has 0 amide bonds. The van der Waals surface area contributed by atoms with Gasteiger partial charge in [0.2, 0.25) is 0 Å². The van der Waals surface area contributed by atoms with Crippen LogP contribution in [-0.4, -0.2) is 13.2 Å². The van der Waals surface area contributed by atoms with Crippen LogP contribution in [-0.2, 0) is 6.54 Å². The average molecular weight is 272 g/mol. The Bertz CT molecular complexity index is 314. The fourth-order valence-corrected chi connectivity index (χ4v) is 1.65. The van der Waals surface area contributed by atoms with Crippen molar-refractivity contribution in [2.45, 2.75) is 32.9 Å². The van der Waals surface area contributed by atoms with Crippen LogP contribution in [0.4, 0.5) is 0 Å². The zero-order valence-electron chi connectivity index (χ0n) is 9.51. The summed E-state index contributed by atoms with van der Waals surface area (Å²) in [7, 11) is 1.94. The highest BCUT2D eigenvalue weighted by Gasteiger charge is 2.04. The van der Waals surface area contributed by atoms with Gasteiger partial charge in [-0.3, -0.25) is 0 Å². The van der Waals surface area contributed by atoms with E-state index < -0.39 is 0 Å². The van der Waals surface area contributed by atoms with Crippen molar-refractivity contribution in [1.82, 2.24) is 5.32 Å². The number of rotatable bonds is 5. The second-order valence-corrected chi connectivity index (χ2v) is 4.47. The highest BCUT2D eigenvalue weighted by Crippen LogP contribution is 2.23. The Morgan fingerprint density at radius 2 is 2.20 bits per heavy atom. The molecule has 3 heteroatoms. The van der Waals surface area contributed by atoms with Gasteiger partial charge >= 0.3 is 0 Å². The van der Waals surface area contributed by atoms with E-state index in [4.69, 9.17) is 4.74 Å². The van der Waals surface area contributed by atoms with Gasteiger partial charge in [0.25, 0.3) is 0 Å². The minimum atomic E-state index is 0.272. The number of nitrogens with one attached hydrogen (secondary N) is 1. The smallest absolute Gasteiger partial charge is 0.120 e. The van der Waals surface area contributed by atoms with Gasteiger partial charge in [-0.2, -0.15) is 0 Å². The first-order valence-corrected chi connectivity index (χ1v) is 6.06. The molecule has 0 spiro atoms. The fourth-order valence-electron chi connectivity index (χ4n) is 1.27. The van der Waals surface area contributed by atoms with Crippen LogP contribution in [0.2, 0.25) is 0 Å². The van der Waals surface area contributed by atoms with Gasteiger partial charge in [-0.1, -0.05) is 22.9 Å². The molecule has 0 aromatic heterocycles. The molecule has 0 saturated carbocycles. The van der Waals surface area contributed by atoms with Gasteiger partial charge in [-0.25, -0.2) is 0 Å². The molecule has 2 nitrogen and oxygen atoms in total. The van der Waals surface area contributed by atoms with Crippen LogP contribution in [0.3, 0.4) is 0 Å². The Labute approximate surface area is 100 Å². The van der Waals surface area contributed by atoms with Crippen LogP contribution in [0.1, 0.15) is 25.8 Å². The summed E-state index contributed by atoms with van der Waals surface area (Å²) in [6, 6.07) is 6.10. The Kier molecular flexibility index (Phi) is 5.12. The molecule has 0 aliphatic rings.